The van der Waals surface area contributed by atoms with Crippen LogP contribution in [0.3, 0.4) is 0 Å². The summed E-state index contributed by atoms with van der Waals surface area (Å²) in [6.45, 7) is 0.0232. The molecule has 0 saturated heterocycles. The van der Waals surface area contributed by atoms with E-state index in [4.69, 9.17) is 5.26 Å². The fraction of sp³-hybridized carbons (Fsp3) is 0.0526. The Hall–Kier alpha value is -3.92. The maximum absolute atomic E-state index is 12.0. The van der Waals surface area contributed by atoms with Gasteiger partial charge in [-0.2, -0.15) is 5.26 Å². The smallest absolute Gasteiger partial charge is 0.262 e. The second kappa shape index (κ2) is 8.26. The highest BCUT2D eigenvalue weighted by atomic mass is 16.3. The lowest BCUT2D eigenvalue weighted by molar-refractivity contribution is -0.117. The Bertz CT molecular complexity index is 906. The summed E-state index contributed by atoms with van der Waals surface area (Å²) in [5, 5.41) is 49.0. The SMILES string of the molecule is N#CC(=CC=Cc1ccc(O)c(O)c1)C(=O)NCc1cc(O)cc(O)c1. The minimum Gasteiger partial charge on any atom is -0.508 e. The zero-order valence-corrected chi connectivity index (χ0v) is 13.5. The molecule has 132 valence electrons. The lowest BCUT2D eigenvalue weighted by atomic mass is 10.1. The summed E-state index contributed by atoms with van der Waals surface area (Å²) in [6.07, 6.45) is 4.32. The molecule has 0 aliphatic heterocycles. The van der Waals surface area contributed by atoms with Gasteiger partial charge in [-0.05, 0) is 41.5 Å². The van der Waals surface area contributed by atoms with E-state index in [1.165, 1.54) is 36.4 Å². The largest absolute Gasteiger partial charge is 0.508 e. The Morgan fingerprint density at radius 2 is 1.73 bits per heavy atom. The minimum absolute atomic E-state index is 0.0232. The van der Waals surface area contributed by atoms with E-state index in [0.717, 1.165) is 6.07 Å². The molecular weight excluding hydrogens is 336 g/mol. The summed E-state index contributed by atoms with van der Waals surface area (Å²) < 4.78 is 0. The van der Waals surface area contributed by atoms with Gasteiger partial charge in [-0.15, -0.1) is 0 Å². The number of benzene rings is 2. The zero-order valence-electron chi connectivity index (χ0n) is 13.5. The lowest BCUT2D eigenvalue weighted by Gasteiger charge is -2.05. The molecule has 0 aromatic heterocycles. The molecule has 0 heterocycles. The monoisotopic (exact) mass is 352 g/mol. The maximum Gasteiger partial charge on any atom is 0.262 e. The molecule has 0 saturated carbocycles. The molecule has 7 nitrogen and oxygen atoms in total. The van der Waals surface area contributed by atoms with Crippen LogP contribution in [0.1, 0.15) is 11.1 Å². The van der Waals surface area contributed by atoms with Crippen LogP contribution >= 0.6 is 0 Å². The molecule has 26 heavy (non-hydrogen) atoms. The van der Waals surface area contributed by atoms with E-state index in [-0.39, 0.29) is 35.1 Å². The highest BCUT2D eigenvalue weighted by Gasteiger charge is 2.08. The quantitative estimate of drug-likeness (QED) is 0.243. The van der Waals surface area contributed by atoms with Crippen molar-refractivity contribution in [3.8, 4) is 29.1 Å². The first-order valence-corrected chi connectivity index (χ1v) is 7.49. The lowest BCUT2D eigenvalue weighted by Crippen LogP contribution is -2.23. The average Bonchev–Trinajstić information content (AvgIpc) is 2.59. The number of phenolic OH excluding ortho intramolecular Hbond substituents is 4. The van der Waals surface area contributed by atoms with Crippen LogP contribution in [-0.2, 0) is 11.3 Å². The molecule has 2 aromatic rings. The van der Waals surface area contributed by atoms with Crippen molar-refractivity contribution in [1.82, 2.24) is 5.32 Å². The molecular formula is C19H16N2O5. The minimum atomic E-state index is -0.617. The normalized spacial score (nSPS) is 11.3. The first kappa shape index (κ1) is 18.4. The van der Waals surface area contributed by atoms with Crippen LogP contribution in [-0.4, -0.2) is 26.3 Å². The van der Waals surface area contributed by atoms with Gasteiger partial charge >= 0.3 is 0 Å². The Morgan fingerprint density at radius 3 is 2.35 bits per heavy atom. The van der Waals surface area contributed by atoms with Crippen molar-refractivity contribution in [3.05, 3.63) is 65.3 Å². The number of nitrogens with zero attached hydrogens (tertiary/aromatic N) is 1. The predicted molar refractivity (Wildman–Crippen MR) is 94.1 cm³/mol. The van der Waals surface area contributed by atoms with Crippen molar-refractivity contribution in [2.75, 3.05) is 0 Å². The van der Waals surface area contributed by atoms with Gasteiger partial charge in [0.1, 0.15) is 23.1 Å². The van der Waals surface area contributed by atoms with Crippen molar-refractivity contribution in [2.45, 2.75) is 6.54 Å². The van der Waals surface area contributed by atoms with Gasteiger partial charge in [-0.25, -0.2) is 0 Å². The maximum atomic E-state index is 12.0. The third-order valence-electron chi connectivity index (χ3n) is 3.33. The molecule has 0 atom stereocenters. The summed E-state index contributed by atoms with van der Waals surface area (Å²) in [6, 6.07) is 9.92. The van der Waals surface area contributed by atoms with E-state index >= 15 is 0 Å². The molecule has 0 bridgehead atoms. The molecule has 7 heteroatoms. The van der Waals surface area contributed by atoms with Crippen LogP contribution in [0.5, 0.6) is 23.0 Å². The molecule has 0 aliphatic rings. The van der Waals surface area contributed by atoms with Crippen LogP contribution in [0, 0.1) is 11.3 Å². The summed E-state index contributed by atoms with van der Waals surface area (Å²) in [5.41, 5.74) is 0.904. The summed E-state index contributed by atoms with van der Waals surface area (Å²) in [4.78, 5) is 12.0. The number of aromatic hydroxyl groups is 4. The first-order chi connectivity index (χ1) is 12.4. The average molecular weight is 352 g/mol. The predicted octanol–water partition coefficient (Wildman–Crippen LogP) is 2.29. The molecule has 0 radical (unpaired) electrons. The Labute approximate surface area is 149 Å². The van der Waals surface area contributed by atoms with Gasteiger partial charge in [0.15, 0.2) is 11.5 Å². The van der Waals surface area contributed by atoms with Crippen molar-refractivity contribution in [3.63, 3.8) is 0 Å². The summed E-state index contributed by atoms with van der Waals surface area (Å²) in [7, 11) is 0. The Morgan fingerprint density at radius 1 is 1.04 bits per heavy atom. The number of nitriles is 1. The molecule has 0 unspecified atom stereocenters. The third kappa shape index (κ3) is 5.04. The van der Waals surface area contributed by atoms with Crippen LogP contribution in [0.25, 0.3) is 6.08 Å². The van der Waals surface area contributed by atoms with E-state index < -0.39 is 5.91 Å². The van der Waals surface area contributed by atoms with Crippen molar-refractivity contribution in [1.29, 1.82) is 5.26 Å². The van der Waals surface area contributed by atoms with Gasteiger partial charge in [0, 0.05) is 12.6 Å². The van der Waals surface area contributed by atoms with Crippen molar-refractivity contribution >= 4 is 12.0 Å². The van der Waals surface area contributed by atoms with Crippen LogP contribution in [0.2, 0.25) is 0 Å². The van der Waals surface area contributed by atoms with Gasteiger partial charge in [-0.3, -0.25) is 4.79 Å². The molecule has 2 rings (SSSR count). The van der Waals surface area contributed by atoms with Crippen LogP contribution < -0.4 is 5.32 Å². The first-order valence-electron chi connectivity index (χ1n) is 7.49. The highest BCUT2D eigenvalue weighted by molar-refractivity contribution is 5.97. The fourth-order valence-corrected chi connectivity index (χ4v) is 2.10. The fourth-order valence-electron chi connectivity index (χ4n) is 2.10. The Balaban J connectivity index is 2.03. The topological polar surface area (TPSA) is 134 Å². The zero-order chi connectivity index (χ0) is 19.1. The van der Waals surface area contributed by atoms with E-state index in [0.29, 0.717) is 11.1 Å². The Kier molecular flexibility index (Phi) is 5.85. The number of rotatable bonds is 5. The molecule has 5 N–H and O–H groups in total. The molecule has 1 amide bonds. The molecule has 2 aromatic carbocycles. The van der Waals surface area contributed by atoms with E-state index in [1.807, 2.05) is 0 Å². The molecule has 0 fully saturated rings. The van der Waals surface area contributed by atoms with Crippen molar-refractivity contribution < 1.29 is 25.2 Å². The van der Waals surface area contributed by atoms with E-state index in [9.17, 15) is 25.2 Å². The van der Waals surface area contributed by atoms with Gasteiger partial charge in [-0.1, -0.05) is 18.2 Å². The van der Waals surface area contributed by atoms with Gasteiger partial charge in [0.25, 0.3) is 5.91 Å². The number of carbonyl (C=O) groups excluding carboxylic acids is 1. The van der Waals surface area contributed by atoms with Gasteiger partial charge < -0.3 is 25.7 Å². The number of phenols is 4. The van der Waals surface area contributed by atoms with E-state index in [2.05, 4.69) is 5.32 Å². The summed E-state index contributed by atoms with van der Waals surface area (Å²) in [5.74, 6) is -1.40. The number of hydrogen-bond acceptors (Lipinski definition) is 6. The number of carbonyl (C=O) groups is 1. The number of nitrogens with one attached hydrogen (secondary N) is 1. The summed E-state index contributed by atoms with van der Waals surface area (Å²) >= 11 is 0. The van der Waals surface area contributed by atoms with E-state index in [1.54, 1.807) is 18.2 Å². The molecule has 0 spiro atoms. The number of allylic oxidation sites excluding steroid dienone is 2. The second-order valence-corrected chi connectivity index (χ2v) is 5.34. The standard InChI is InChI=1S/C19H16N2O5/c20-10-14(3-1-2-12-4-5-17(24)18(25)8-12)19(26)21-11-13-6-15(22)9-16(23)7-13/h1-9,22-25H,11H2,(H,21,26). The van der Waals surface area contributed by atoms with Gasteiger partial charge in [0.05, 0.1) is 0 Å². The van der Waals surface area contributed by atoms with Crippen LogP contribution in [0.15, 0.2) is 54.1 Å². The van der Waals surface area contributed by atoms with Crippen LogP contribution in [0.4, 0.5) is 0 Å². The molecule has 0 aliphatic carbocycles. The number of hydrogen-bond donors (Lipinski definition) is 5. The second-order valence-electron chi connectivity index (χ2n) is 5.34. The van der Waals surface area contributed by atoms with Gasteiger partial charge in [0.2, 0.25) is 0 Å². The third-order valence-corrected chi connectivity index (χ3v) is 3.33. The number of amides is 1. The highest BCUT2D eigenvalue weighted by Crippen LogP contribution is 2.25. The van der Waals surface area contributed by atoms with Crippen molar-refractivity contribution in [2.24, 2.45) is 0 Å².